The molecule has 5 rings (SSSR count). The first-order chi connectivity index (χ1) is 19.4. The van der Waals surface area contributed by atoms with Crippen molar-refractivity contribution in [3.8, 4) is 6.07 Å². The second-order valence-corrected chi connectivity index (χ2v) is 11.4. The lowest BCUT2D eigenvalue weighted by atomic mass is 10.0. The summed E-state index contributed by atoms with van der Waals surface area (Å²) in [6.45, 7) is 13.2. The minimum atomic E-state index is 0.192. The second-order valence-electron chi connectivity index (χ2n) is 11.4. The van der Waals surface area contributed by atoms with Gasteiger partial charge in [0, 0.05) is 94.8 Å². The maximum atomic E-state index is 11.8. The number of hydrogen-bond donors (Lipinski definition) is 1. The molecule has 0 amide bonds. The number of Topliss-reactive ketones (excluding diaryl/α,β-unsaturated/α-hetero) is 1. The van der Waals surface area contributed by atoms with E-state index in [1.54, 1.807) is 6.33 Å². The number of likely N-dealkylation sites (tertiary alicyclic amines) is 1. The van der Waals surface area contributed by atoms with Crippen LogP contribution < -0.4 is 5.32 Å². The van der Waals surface area contributed by atoms with Crippen LogP contribution in [0.4, 0.5) is 5.82 Å². The van der Waals surface area contributed by atoms with Gasteiger partial charge >= 0.3 is 0 Å². The van der Waals surface area contributed by atoms with Crippen molar-refractivity contribution in [1.82, 2.24) is 29.2 Å². The molecule has 0 radical (unpaired) electrons. The maximum absolute atomic E-state index is 11.8. The fourth-order valence-electron chi connectivity index (χ4n) is 5.92. The number of aromatic nitrogens is 3. The third-order valence-corrected chi connectivity index (χ3v) is 8.65. The zero-order chi connectivity index (χ0) is 28.1. The molecule has 212 valence electrons. The summed E-state index contributed by atoms with van der Waals surface area (Å²) >= 11 is 0. The summed E-state index contributed by atoms with van der Waals surface area (Å²) in [6.07, 6.45) is 4.52. The van der Waals surface area contributed by atoms with E-state index in [1.807, 2.05) is 13.0 Å². The van der Waals surface area contributed by atoms with E-state index in [-0.39, 0.29) is 5.78 Å². The Morgan fingerprint density at radius 2 is 1.82 bits per heavy atom. The Labute approximate surface area is 237 Å². The number of likely N-dealkylation sites (N-methyl/N-ethyl adjacent to an activating group) is 1. The highest BCUT2D eigenvalue weighted by atomic mass is 16.1. The molecule has 2 saturated heterocycles. The number of rotatable bonds is 10. The lowest BCUT2D eigenvalue weighted by molar-refractivity contribution is -0.118. The number of nitrogens with one attached hydrogen (secondary N) is 1. The van der Waals surface area contributed by atoms with E-state index in [0.29, 0.717) is 18.9 Å². The summed E-state index contributed by atoms with van der Waals surface area (Å²) in [5.74, 6) is 0.997. The van der Waals surface area contributed by atoms with Gasteiger partial charge in [0.15, 0.2) is 0 Å². The van der Waals surface area contributed by atoms with Crippen LogP contribution in [0, 0.1) is 18.3 Å². The van der Waals surface area contributed by atoms with Gasteiger partial charge in [0.1, 0.15) is 29.7 Å². The molecule has 2 aliphatic heterocycles. The molecule has 2 fully saturated rings. The number of aryl methyl sites for hydroxylation is 1. The van der Waals surface area contributed by atoms with Crippen LogP contribution in [0.5, 0.6) is 0 Å². The third kappa shape index (κ3) is 6.69. The maximum Gasteiger partial charge on any atom is 0.138 e. The zero-order valence-corrected chi connectivity index (χ0v) is 24.2. The fraction of sp³-hybridized carbons (Fsp3) is 0.548. The average molecular weight is 543 g/mol. The van der Waals surface area contributed by atoms with Gasteiger partial charge in [0.25, 0.3) is 0 Å². The van der Waals surface area contributed by atoms with Crippen molar-refractivity contribution in [1.29, 1.82) is 5.26 Å². The Kier molecular flexibility index (Phi) is 9.10. The summed E-state index contributed by atoms with van der Waals surface area (Å²) < 4.78 is 2.21. The smallest absolute Gasteiger partial charge is 0.138 e. The van der Waals surface area contributed by atoms with Crippen LogP contribution in [-0.2, 0) is 24.3 Å². The van der Waals surface area contributed by atoms with E-state index < -0.39 is 0 Å². The van der Waals surface area contributed by atoms with Crippen LogP contribution in [0.25, 0.3) is 10.9 Å². The number of carbonyl (C=O) groups excluding carboxylic acids is 1. The summed E-state index contributed by atoms with van der Waals surface area (Å²) in [6, 6.07) is 11.3. The minimum Gasteiger partial charge on any atom is -0.367 e. The molecule has 3 aromatic rings. The first-order valence-corrected chi connectivity index (χ1v) is 14.7. The number of benzene rings is 1. The number of piperidine rings is 1. The first kappa shape index (κ1) is 28.2. The standard InChI is InChI=1S/C31H42N8O/c1-4-28(40)17-26-18-31(34-22-33-26)35-25-7-9-38(10-8-25)21-24-5-6-30-29(23(24)2)19-27(20-32)39(30)16-15-37-13-11-36(3)12-14-37/h5-6,18-19,22,25H,4,7-17,21H2,1-3H3,(H,33,34,35). The molecule has 0 unspecified atom stereocenters. The molecule has 9 nitrogen and oxygen atoms in total. The van der Waals surface area contributed by atoms with Gasteiger partial charge in [-0.3, -0.25) is 14.6 Å². The Morgan fingerprint density at radius 1 is 1.05 bits per heavy atom. The van der Waals surface area contributed by atoms with Crippen LogP contribution in [0.3, 0.4) is 0 Å². The lowest BCUT2D eigenvalue weighted by Gasteiger charge is -2.33. The van der Waals surface area contributed by atoms with Crippen LogP contribution in [-0.4, -0.2) is 93.9 Å². The summed E-state index contributed by atoms with van der Waals surface area (Å²) in [7, 11) is 2.18. The van der Waals surface area contributed by atoms with E-state index in [4.69, 9.17) is 0 Å². The van der Waals surface area contributed by atoms with Gasteiger partial charge in [0.2, 0.25) is 0 Å². The Balaban J connectivity index is 1.18. The molecular formula is C31H42N8O. The molecule has 1 aromatic carbocycles. The van der Waals surface area contributed by atoms with Gasteiger partial charge in [0.05, 0.1) is 5.69 Å². The minimum absolute atomic E-state index is 0.192. The fourth-order valence-corrected chi connectivity index (χ4v) is 5.92. The molecular weight excluding hydrogens is 500 g/mol. The van der Waals surface area contributed by atoms with Gasteiger partial charge in [-0.05, 0) is 50.1 Å². The summed E-state index contributed by atoms with van der Waals surface area (Å²) in [4.78, 5) is 27.8. The summed E-state index contributed by atoms with van der Waals surface area (Å²) in [5, 5.41) is 14.6. The SMILES string of the molecule is CCC(=O)Cc1cc(NC2CCN(Cc3ccc4c(cc(C#N)n4CCN4CCN(C)CC4)c3C)CC2)ncn1. The number of carbonyl (C=O) groups is 1. The van der Waals surface area contributed by atoms with Gasteiger partial charge in [-0.25, -0.2) is 9.97 Å². The number of nitrogens with zero attached hydrogens (tertiary/aromatic N) is 7. The van der Waals surface area contributed by atoms with Crippen LogP contribution in [0.15, 0.2) is 30.6 Å². The van der Waals surface area contributed by atoms with Crippen molar-refractivity contribution in [3.05, 3.63) is 53.1 Å². The Morgan fingerprint density at radius 3 is 2.55 bits per heavy atom. The van der Waals surface area contributed by atoms with Gasteiger partial charge < -0.3 is 14.8 Å². The number of anilines is 1. The number of ketones is 1. The predicted molar refractivity (Wildman–Crippen MR) is 158 cm³/mol. The Hall–Kier alpha value is -3.32. The molecule has 2 aliphatic rings. The number of nitriles is 1. The Bertz CT molecular complexity index is 1360. The average Bonchev–Trinajstić information content (AvgIpc) is 3.33. The number of piperazine rings is 1. The molecule has 9 heteroatoms. The highest BCUT2D eigenvalue weighted by Crippen LogP contribution is 2.28. The first-order valence-electron chi connectivity index (χ1n) is 14.7. The van der Waals surface area contributed by atoms with Crippen molar-refractivity contribution >= 4 is 22.5 Å². The highest BCUT2D eigenvalue weighted by Gasteiger charge is 2.22. The molecule has 0 bridgehead atoms. The van der Waals surface area contributed by atoms with Crippen molar-refractivity contribution in [2.45, 2.75) is 58.7 Å². The topological polar surface area (TPSA) is 93.3 Å². The predicted octanol–water partition coefficient (Wildman–Crippen LogP) is 3.46. The van der Waals surface area contributed by atoms with E-state index >= 15 is 0 Å². The molecule has 0 atom stereocenters. The molecule has 2 aromatic heterocycles. The molecule has 4 heterocycles. The third-order valence-electron chi connectivity index (χ3n) is 8.65. The van der Waals surface area contributed by atoms with Crippen molar-refractivity contribution < 1.29 is 4.79 Å². The van der Waals surface area contributed by atoms with E-state index in [2.05, 4.69) is 72.8 Å². The molecule has 1 N–H and O–H groups in total. The number of fused-ring (bicyclic) bond motifs is 1. The van der Waals surface area contributed by atoms with E-state index in [9.17, 15) is 10.1 Å². The molecule has 0 spiro atoms. The molecule has 0 aliphatic carbocycles. The van der Waals surface area contributed by atoms with Gasteiger partial charge in [-0.15, -0.1) is 0 Å². The lowest BCUT2D eigenvalue weighted by Crippen LogP contribution is -2.45. The van der Waals surface area contributed by atoms with Crippen LogP contribution in [0.2, 0.25) is 0 Å². The van der Waals surface area contributed by atoms with Crippen LogP contribution >= 0.6 is 0 Å². The largest absolute Gasteiger partial charge is 0.367 e. The van der Waals surface area contributed by atoms with Crippen molar-refractivity contribution in [2.75, 3.05) is 58.2 Å². The zero-order valence-electron chi connectivity index (χ0n) is 24.2. The van der Waals surface area contributed by atoms with Crippen LogP contribution in [0.1, 0.15) is 48.7 Å². The second kappa shape index (κ2) is 12.9. The normalized spacial score (nSPS) is 17.8. The van der Waals surface area contributed by atoms with Crippen molar-refractivity contribution in [3.63, 3.8) is 0 Å². The summed E-state index contributed by atoms with van der Waals surface area (Å²) in [5.41, 5.74) is 5.31. The monoisotopic (exact) mass is 542 g/mol. The quantitative estimate of drug-likeness (QED) is 0.416. The van der Waals surface area contributed by atoms with E-state index in [0.717, 1.165) is 89.0 Å². The van der Waals surface area contributed by atoms with E-state index in [1.165, 1.54) is 22.0 Å². The van der Waals surface area contributed by atoms with Crippen molar-refractivity contribution in [2.24, 2.45) is 0 Å². The molecule has 0 saturated carbocycles. The highest BCUT2D eigenvalue weighted by molar-refractivity contribution is 5.86. The molecule has 40 heavy (non-hydrogen) atoms. The number of hydrogen-bond acceptors (Lipinski definition) is 8. The van der Waals surface area contributed by atoms with Gasteiger partial charge in [-0.2, -0.15) is 5.26 Å². The van der Waals surface area contributed by atoms with Gasteiger partial charge in [-0.1, -0.05) is 13.0 Å².